The van der Waals surface area contributed by atoms with Gasteiger partial charge in [0.25, 0.3) is 0 Å². The zero-order valence-electron chi connectivity index (χ0n) is 9.98. The number of hydrogen-bond donors (Lipinski definition) is 1. The van der Waals surface area contributed by atoms with E-state index < -0.39 is 0 Å². The van der Waals surface area contributed by atoms with Gasteiger partial charge in [0, 0.05) is 18.3 Å². The van der Waals surface area contributed by atoms with Crippen LogP contribution in [0.2, 0.25) is 0 Å². The van der Waals surface area contributed by atoms with Crippen LogP contribution in [0, 0.1) is 0 Å². The van der Waals surface area contributed by atoms with Crippen molar-refractivity contribution in [2.45, 2.75) is 38.1 Å². The van der Waals surface area contributed by atoms with Crippen molar-refractivity contribution >= 4 is 11.7 Å². The molecule has 0 saturated heterocycles. The molecule has 3 nitrogen and oxygen atoms in total. The highest BCUT2D eigenvalue weighted by molar-refractivity contribution is 5.93. The van der Waals surface area contributed by atoms with E-state index >= 15 is 0 Å². The van der Waals surface area contributed by atoms with Gasteiger partial charge in [-0.3, -0.25) is 4.90 Å². The maximum absolute atomic E-state index is 12.2. The number of nitrogens with zero attached hydrogens (tertiary/aromatic N) is 1. The molecule has 3 heteroatoms. The van der Waals surface area contributed by atoms with Crippen LogP contribution in [0.15, 0.2) is 24.3 Å². The van der Waals surface area contributed by atoms with Crippen LogP contribution in [0.5, 0.6) is 0 Å². The van der Waals surface area contributed by atoms with Crippen molar-refractivity contribution in [1.82, 2.24) is 5.32 Å². The number of fused-ring (bicyclic) bond motifs is 1. The molecule has 2 amide bonds. The topological polar surface area (TPSA) is 32.3 Å². The van der Waals surface area contributed by atoms with Crippen LogP contribution in [0.4, 0.5) is 10.5 Å². The van der Waals surface area contributed by atoms with Crippen LogP contribution < -0.4 is 10.2 Å². The number of nitrogens with one attached hydrogen (secondary N) is 1. The Morgan fingerprint density at radius 3 is 2.88 bits per heavy atom. The summed E-state index contributed by atoms with van der Waals surface area (Å²) in [6.45, 7) is 0.843. The third-order valence-corrected chi connectivity index (χ3v) is 3.51. The third-order valence-electron chi connectivity index (χ3n) is 3.51. The van der Waals surface area contributed by atoms with Crippen LogP contribution in [0.1, 0.15) is 31.2 Å². The van der Waals surface area contributed by atoms with Crippen molar-refractivity contribution in [3.8, 4) is 0 Å². The molecule has 1 aromatic carbocycles. The number of anilines is 1. The number of aryl methyl sites for hydroxylation is 1. The van der Waals surface area contributed by atoms with E-state index in [2.05, 4.69) is 23.5 Å². The molecule has 1 saturated carbocycles. The smallest absolute Gasteiger partial charge is 0.322 e. The Kier molecular flexibility index (Phi) is 2.75. The Balaban J connectivity index is 1.85. The lowest BCUT2D eigenvalue weighted by molar-refractivity contribution is 0.246. The molecule has 2 aliphatic rings. The summed E-state index contributed by atoms with van der Waals surface area (Å²) in [6, 6.07) is 8.79. The minimum atomic E-state index is 0.0850. The van der Waals surface area contributed by atoms with Crippen molar-refractivity contribution in [3.63, 3.8) is 0 Å². The Morgan fingerprint density at radius 1 is 1.24 bits per heavy atom. The Morgan fingerprint density at radius 2 is 2.06 bits per heavy atom. The minimum absolute atomic E-state index is 0.0850. The largest absolute Gasteiger partial charge is 0.335 e. The fourth-order valence-corrected chi connectivity index (χ4v) is 2.38. The van der Waals surface area contributed by atoms with E-state index in [1.165, 1.54) is 12.0 Å². The van der Waals surface area contributed by atoms with Crippen molar-refractivity contribution in [3.05, 3.63) is 29.8 Å². The summed E-state index contributed by atoms with van der Waals surface area (Å²) in [5.74, 6) is 0. The van der Waals surface area contributed by atoms with Crippen molar-refractivity contribution < 1.29 is 4.79 Å². The van der Waals surface area contributed by atoms with Crippen LogP contribution in [-0.2, 0) is 6.42 Å². The molecule has 0 atom stereocenters. The van der Waals surface area contributed by atoms with Crippen LogP contribution in [0.3, 0.4) is 0 Å². The fraction of sp³-hybridized carbons (Fsp3) is 0.500. The SMILES string of the molecule is O=C(NC1CC1)N1CCCCc2ccccc21. The molecule has 1 N–H and O–H groups in total. The lowest BCUT2D eigenvalue weighted by Gasteiger charge is -2.23. The lowest BCUT2D eigenvalue weighted by Crippen LogP contribution is -2.41. The first-order valence-corrected chi connectivity index (χ1v) is 6.50. The summed E-state index contributed by atoms with van der Waals surface area (Å²) in [4.78, 5) is 14.1. The second-order valence-electron chi connectivity index (χ2n) is 4.96. The van der Waals surface area contributed by atoms with Gasteiger partial charge in [-0.2, -0.15) is 0 Å². The van der Waals surface area contributed by atoms with Crippen molar-refractivity contribution in [2.75, 3.05) is 11.4 Å². The van der Waals surface area contributed by atoms with Crippen LogP contribution >= 0.6 is 0 Å². The van der Waals surface area contributed by atoms with Gasteiger partial charge in [0.2, 0.25) is 0 Å². The normalized spacial score (nSPS) is 19.4. The number of carbonyl (C=O) groups is 1. The monoisotopic (exact) mass is 230 g/mol. The van der Waals surface area contributed by atoms with Gasteiger partial charge in [-0.25, -0.2) is 4.79 Å². The number of rotatable bonds is 1. The number of hydrogen-bond acceptors (Lipinski definition) is 1. The lowest BCUT2D eigenvalue weighted by atomic mass is 10.1. The molecular formula is C14H18N2O. The van der Waals surface area contributed by atoms with E-state index in [-0.39, 0.29) is 6.03 Å². The number of amides is 2. The molecule has 90 valence electrons. The zero-order chi connectivity index (χ0) is 11.7. The average molecular weight is 230 g/mol. The van der Waals surface area contributed by atoms with E-state index in [9.17, 15) is 4.79 Å². The van der Waals surface area contributed by atoms with E-state index in [1.54, 1.807) is 0 Å². The number of carbonyl (C=O) groups excluding carboxylic acids is 1. The highest BCUT2D eigenvalue weighted by Crippen LogP contribution is 2.27. The zero-order valence-corrected chi connectivity index (χ0v) is 9.98. The van der Waals surface area contributed by atoms with Crippen molar-refractivity contribution in [2.24, 2.45) is 0 Å². The van der Waals surface area contributed by atoms with Gasteiger partial charge in [-0.15, -0.1) is 0 Å². The molecule has 1 aliphatic heterocycles. The van der Waals surface area contributed by atoms with E-state index in [1.807, 2.05) is 11.0 Å². The van der Waals surface area contributed by atoms with E-state index in [4.69, 9.17) is 0 Å². The summed E-state index contributed by atoms with van der Waals surface area (Å²) >= 11 is 0. The molecule has 0 radical (unpaired) electrons. The Bertz CT molecular complexity index is 426. The number of urea groups is 1. The Labute approximate surface area is 102 Å². The van der Waals surface area contributed by atoms with Crippen LogP contribution in [0.25, 0.3) is 0 Å². The Hall–Kier alpha value is -1.51. The molecule has 1 heterocycles. The highest BCUT2D eigenvalue weighted by Gasteiger charge is 2.27. The first-order chi connectivity index (χ1) is 8.34. The fourth-order valence-electron chi connectivity index (χ4n) is 2.38. The summed E-state index contributed by atoms with van der Waals surface area (Å²) in [5, 5.41) is 3.08. The number of para-hydroxylation sites is 1. The van der Waals surface area contributed by atoms with Gasteiger partial charge in [0.1, 0.15) is 0 Å². The molecular weight excluding hydrogens is 212 g/mol. The van der Waals surface area contributed by atoms with Gasteiger partial charge in [-0.1, -0.05) is 18.2 Å². The highest BCUT2D eigenvalue weighted by atomic mass is 16.2. The second-order valence-corrected chi connectivity index (χ2v) is 4.96. The molecule has 0 unspecified atom stereocenters. The molecule has 1 fully saturated rings. The predicted molar refractivity (Wildman–Crippen MR) is 68.3 cm³/mol. The van der Waals surface area contributed by atoms with Gasteiger partial charge in [0.15, 0.2) is 0 Å². The third kappa shape index (κ3) is 2.28. The predicted octanol–water partition coefficient (Wildman–Crippen LogP) is 2.70. The standard InChI is InChI=1S/C14H18N2O/c17-14(15-12-8-9-12)16-10-4-3-6-11-5-1-2-7-13(11)16/h1-2,5,7,12H,3-4,6,8-10H2,(H,15,17). The average Bonchev–Trinajstić information content (AvgIpc) is 3.14. The summed E-state index contributed by atoms with van der Waals surface area (Å²) < 4.78 is 0. The summed E-state index contributed by atoms with van der Waals surface area (Å²) in [6.07, 6.45) is 5.63. The summed E-state index contributed by atoms with van der Waals surface area (Å²) in [5.41, 5.74) is 2.40. The molecule has 3 rings (SSSR count). The van der Waals surface area contributed by atoms with Gasteiger partial charge >= 0.3 is 6.03 Å². The molecule has 0 bridgehead atoms. The van der Waals surface area contributed by atoms with E-state index in [0.29, 0.717) is 6.04 Å². The summed E-state index contributed by atoms with van der Waals surface area (Å²) in [7, 11) is 0. The first-order valence-electron chi connectivity index (χ1n) is 6.50. The first kappa shape index (κ1) is 10.6. The number of benzene rings is 1. The van der Waals surface area contributed by atoms with Gasteiger partial charge in [0.05, 0.1) is 0 Å². The van der Waals surface area contributed by atoms with E-state index in [0.717, 1.165) is 37.9 Å². The van der Waals surface area contributed by atoms with Gasteiger partial charge < -0.3 is 5.32 Å². The maximum Gasteiger partial charge on any atom is 0.322 e. The molecule has 17 heavy (non-hydrogen) atoms. The second kappa shape index (κ2) is 4.40. The quantitative estimate of drug-likeness (QED) is 0.790. The van der Waals surface area contributed by atoms with Gasteiger partial charge in [-0.05, 0) is 43.7 Å². The maximum atomic E-state index is 12.2. The minimum Gasteiger partial charge on any atom is -0.335 e. The van der Waals surface area contributed by atoms with Crippen molar-refractivity contribution in [1.29, 1.82) is 0 Å². The molecule has 1 aliphatic carbocycles. The molecule has 1 aromatic rings. The molecule has 0 aromatic heterocycles. The van der Waals surface area contributed by atoms with Crippen LogP contribution in [-0.4, -0.2) is 18.6 Å². The molecule has 0 spiro atoms.